The van der Waals surface area contributed by atoms with E-state index in [0.29, 0.717) is 5.56 Å². The minimum Gasteiger partial charge on any atom is -0.406 e. The van der Waals surface area contributed by atoms with Crippen molar-refractivity contribution in [3.63, 3.8) is 0 Å². The minimum atomic E-state index is -4.70. The van der Waals surface area contributed by atoms with E-state index in [4.69, 9.17) is 5.73 Å². The summed E-state index contributed by atoms with van der Waals surface area (Å²) in [6.07, 6.45) is -4.70. The second-order valence-electron chi connectivity index (χ2n) is 4.49. The first kappa shape index (κ1) is 14.9. The highest BCUT2D eigenvalue weighted by Crippen LogP contribution is 2.31. The molecule has 1 aromatic heterocycles. The number of hydrogen-bond acceptors (Lipinski definition) is 3. The van der Waals surface area contributed by atoms with Gasteiger partial charge in [0.25, 0.3) is 0 Å². The van der Waals surface area contributed by atoms with E-state index in [2.05, 4.69) is 4.74 Å². The van der Waals surface area contributed by atoms with E-state index in [-0.39, 0.29) is 5.75 Å². The summed E-state index contributed by atoms with van der Waals surface area (Å²) in [5, 5.41) is 0. The molecule has 1 unspecified atom stereocenters. The molecule has 0 bridgehead atoms. The van der Waals surface area contributed by atoms with Gasteiger partial charge in [0.2, 0.25) is 0 Å². The Labute approximate surface area is 119 Å². The minimum absolute atomic E-state index is 0.254. The Bertz CT molecular complexity index is 587. The van der Waals surface area contributed by atoms with Crippen LogP contribution in [0.1, 0.15) is 26.9 Å². The van der Waals surface area contributed by atoms with Crippen molar-refractivity contribution in [3.05, 3.63) is 51.2 Å². The van der Waals surface area contributed by atoms with Gasteiger partial charge in [-0.15, -0.1) is 24.5 Å². The maximum Gasteiger partial charge on any atom is 0.573 e. The largest absolute Gasteiger partial charge is 0.573 e. The lowest BCUT2D eigenvalue weighted by atomic mass is 10.1. The Morgan fingerprint density at radius 1 is 1.20 bits per heavy atom. The molecule has 2 N–H and O–H groups in total. The maximum atomic E-state index is 12.2. The first-order valence-corrected chi connectivity index (χ1v) is 6.76. The molecule has 0 spiro atoms. The molecular formula is C14H14F3NOS. The van der Waals surface area contributed by atoms with Gasteiger partial charge in [-0.2, -0.15) is 0 Å². The van der Waals surface area contributed by atoms with Gasteiger partial charge >= 0.3 is 6.36 Å². The number of thiophene rings is 1. The molecule has 0 saturated carbocycles. The average molecular weight is 301 g/mol. The summed E-state index contributed by atoms with van der Waals surface area (Å²) in [6.45, 7) is 3.96. The summed E-state index contributed by atoms with van der Waals surface area (Å²) in [5.41, 5.74) is 7.82. The van der Waals surface area contributed by atoms with Crippen LogP contribution in [0.3, 0.4) is 0 Å². The summed E-state index contributed by atoms with van der Waals surface area (Å²) in [6, 6.07) is 7.28. The first-order chi connectivity index (χ1) is 9.26. The fourth-order valence-corrected chi connectivity index (χ4v) is 2.90. The van der Waals surface area contributed by atoms with Crippen molar-refractivity contribution >= 4 is 11.3 Å². The molecule has 1 aromatic carbocycles. The van der Waals surface area contributed by atoms with E-state index >= 15 is 0 Å². The van der Waals surface area contributed by atoms with Crippen LogP contribution in [-0.4, -0.2) is 6.36 Å². The number of nitrogens with two attached hydrogens (primary N) is 1. The predicted molar refractivity (Wildman–Crippen MR) is 72.9 cm³/mol. The Kier molecular flexibility index (Phi) is 4.06. The Hall–Kier alpha value is -1.53. The number of halogens is 3. The molecule has 0 saturated heterocycles. The number of hydrogen-bond donors (Lipinski definition) is 1. The van der Waals surface area contributed by atoms with E-state index < -0.39 is 12.4 Å². The van der Waals surface area contributed by atoms with Crippen LogP contribution < -0.4 is 10.5 Å². The van der Waals surface area contributed by atoms with Gasteiger partial charge in [-0.3, -0.25) is 0 Å². The molecule has 0 aliphatic carbocycles. The molecule has 2 rings (SSSR count). The Balaban J connectivity index is 2.26. The van der Waals surface area contributed by atoms with Crippen LogP contribution in [0.4, 0.5) is 13.2 Å². The smallest absolute Gasteiger partial charge is 0.406 e. The monoisotopic (exact) mass is 301 g/mol. The van der Waals surface area contributed by atoms with Gasteiger partial charge in [-0.25, -0.2) is 0 Å². The van der Waals surface area contributed by atoms with E-state index in [0.717, 1.165) is 15.3 Å². The summed E-state index contributed by atoms with van der Waals surface area (Å²) in [7, 11) is 0. The molecule has 2 aromatic rings. The highest BCUT2D eigenvalue weighted by molar-refractivity contribution is 7.12. The van der Waals surface area contributed by atoms with Crippen LogP contribution >= 0.6 is 11.3 Å². The third-order valence-electron chi connectivity index (χ3n) is 2.94. The number of aryl methyl sites for hydroxylation is 2. The molecule has 6 heteroatoms. The third-order valence-corrected chi connectivity index (χ3v) is 4.18. The van der Waals surface area contributed by atoms with Crippen molar-refractivity contribution in [2.24, 2.45) is 5.73 Å². The molecule has 0 amide bonds. The van der Waals surface area contributed by atoms with Crippen LogP contribution in [0.5, 0.6) is 5.75 Å². The zero-order valence-corrected chi connectivity index (χ0v) is 11.8. The van der Waals surface area contributed by atoms with Gasteiger partial charge < -0.3 is 10.5 Å². The molecule has 0 aliphatic heterocycles. The molecule has 1 heterocycles. The van der Waals surface area contributed by atoms with E-state index in [9.17, 15) is 13.2 Å². The second-order valence-corrected chi connectivity index (χ2v) is 5.77. The third kappa shape index (κ3) is 3.52. The number of alkyl halides is 3. The number of rotatable bonds is 3. The van der Waals surface area contributed by atoms with Gasteiger partial charge in [0.15, 0.2) is 0 Å². The molecule has 2 nitrogen and oxygen atoms in total. The van der Waals surface area contributed by atoms with Crippen LogP contribution in [0.15, 0.2) is 30.3 Å². The molecule has 20 heavy (non-hydrogen) atoms. The Morgan fingerprint density at radius 3 is 2.45 bits per heavy atom. The summed E-state index contributed by atoms with van der Waals surface area (Å²) >= 11 is 1.55. The van der Waals surface area contributed by atoms with E-state index in [1.165, 1.54) is 18.2 Å². The van der Waals surface area contributed by atoms with Gasteiger partial charge in [0, 0.05) is 9.75 Å². The Morgan fingerprint density at radius 2 is 1.90 bits per heavy atom. The zero-order valence-electron chi connectivity index (χ0n) is 11.0. The van der Waals surface area contributed by atoms with Crippen LogP contribution in [0, 0.1) is 13.8 Å². The van der Waals surface area contributed by atoms with Gasteiger partial charge in [0.1, 0.15) is 5.75 Å². The summed E-state index contributed by atoms with van der Waals surface area (Å²) < 4.78 is 40.5. The molecule has 0 aliphatic rings. The molecule has 1 atom stereocenters. The maximum absolute atomic E-state index is 12.2. The normalized spacial score (nSPS) is 13.3. The summed E-state index contributed by atoms with van der Waals surface area (Å²) in [4.78, 5) is 2.07. The fourth-order valence-electron chi connectivity index (χ4n) is 1.82. The van der Waals surface area contributed by atoms with Crippen molar-refractivity contribution in [2.45, 2.75) is 26.3 Å². The van der Waals surface area contributed by atoms with Crippen LogP contribution in [0.2, 0.25) is 0 Å². The fraction of sp³-hybridized carbons (Fsp3) is 0.286. The van der Waals surface area contributed by atoms with E-state index in [1.54, 1.807) is 17.4 Å². The molecule has 108 valence electrons. The lowest BCUT2D eigenvalue weighted by Crippen LogP contribution is -2.17. The molecule has 0 fully saturated rings. The second kappa shape index (κ2) is 5.46. The van der Waals surface area contributed by atoms with Gasteiger partial charge in [0.05, 0.1) is 6.04 Å². The topological polar surface area (TPSA) is 35.2 Å². The number of ether oxygens (including phenoxy) is 1. The predicted octanol–water partition coefficient (Wildman–Crippen LogP) is 4.31. The van der Waals surface area contributed by atoms with Crippen LogP contribution in [0.25, 0.3) is 0 Å². The molecule has 0 radical (unpaired) electrons. The average Bonchev–Trinajstić information content (AvgIpc) is 2.67. The van der Waals surface area contributed by atoms with Gasteiger partial charge in [-0.05, 0) is 43.2 Å². The summed E-state index contributed by atoms with van der Waals surface area (Å²) in [5.74, 6) is -0.254. The van der Waals surface area contributed by atoms with Gasteiger partial charge in [-0.1, -0.05) is 12.1 Å². The highest BCUT2D eigenvalue weighted by Gasteiger charge is 2.31. The molecular weight excluding hydrogens is 287 g/mol. The number of benzene rings is 1. The van der Waals surface area contributed by atoms with Crippen molar-refractivity contribution in [3.8, 4) is 5.75 Å². The van der Waals surface area contributed by atoms with Crippen LogP contribution in [-0.2, 0) is 0 Å². The zero-order chi connectivity index (χ0) is 14.9. The lowest BCUT2D eigenvalue weighted by molar-refractivity contribution is -0.274. The van der Waals surface area contributed by atoms with Crippen molar-refractivity contribution in [1.29, 1.82) is 0 Å². The quantitative estimate of drug-likeness (QED) is 0.916. The SMILES string of the molecule is Cc1cc(C(N)c2cccc(OC(F)(F)F)c2)sc1C. The standard InChI is InChI=1S/C14H14F3NOS/c1-8-6-12(20-9(8)2)13(18)10-4-3-5-11(7-10)19-14(15,16)17/h3-7,13H,18H2,1-2H3. The lowest BCUT2D eigenvalue weighted by Gasteiger charge is -2.13. The highest BCUT2D eigenvalue weighted by atomic mass is 32.1. The van der Waals surface area contributed by atoms with E-state index in [1.807, 2.05) is 19.9 Å². The van der Waals surface area contributed by atoms with Crippen molar-refractivity contribution in [1.82, 2.24) is 0 Å². The van der Waals surface area contributed by atoms with Crippen molar-refractivity contribution in [2.75, 3.05) is 0 Å². The van der Waals surface area contributed by atoms with Crippen molar-refractivity contribution < 1.29 is 17.9 Å². The first-order valence-electron chi connectivity index (χ1n) is 5.94.